The molecule has 0 saturated carbocycles. The number of aromatic carboxylic acids is 1. The minimum Gasteiger partial charge on any atom is -0.478 e. The van der Waals surface area contributed by atoms with Crippen molar-refractivity contribution in [3.8, 4) is 43.4 Å². The zero-order valence-corrected chi connectivity index (χ0v) is 28.3. The molecule has 50 heavy (non-hydrogen) atoms. The van der Waals surface area contributed by atoms with Gasteiger partial charge >= 0.3 is 11.9 Å². The van der Waals surface area contributed by atoms with E-state index in [1.807, 2.05) is 22.9 Å². The molecule has 15 heteroatoms. The Kier molecular flexibility index (Phi) is 10.8. The first kappa shape index (κ1) is 35.2. The van der Waals surface area contributed by atoms with E-state index < -0.39 is 21.8 Å². The minimum absolute atomic E-state index is 0.000302. The molecular weight excluding hydrogens is 701 g/mol. The van der Waals surface area contributed by atoms with Crippen LogP contribution in [0.25, 0.3) is 43.4 Å². The van der Waals surface area contributed by atoms with Gasteiger partial charge in [0.05, 0.1) is 49.8 Å². The lowest BCUT2D eigenvalue weighted by atomic mass is 9.96. The van der Waals surface area contributed by atoms with Crippen LogP contribution in [-0.4, -0.2) is 44.0 Å². The highest BCUT2D eigenvalue weighted by molar-refractivity contribution is 7.80. The van der Waals surface area contributed by atoms with Crippen LogP contribution in [0, 0.1) is 20.2 Å². The van der Waals surface area contributed by atoms with E-state index in [-0.39, 0.29) is 33.1 Å². The van der Waals surface area contributed by atoms with Crippen LogP contribution in [0.2, 0.25) is 0 Å². The van der Waals surface area contributed by atoms with Crippen molar-refractivity contribution in [1.82, 2.24) is 4.98 Å². The predicted octanol–water partition coefficient (Wildman–Crippen LogP) is 8.49. The van der Waals surface area contributed by atoms with E-state index in [1.54, 1.807) is 72.0 Å². The number of nitrogens with zero attached hydrogens (tertiary/aromatic N) is 3. The average molecular weight is 725 g/mol. The summed E-state index contributed by atoms with van der Waals surface area (Å²) < 4.78 is 4.74. The van der Waals surface area contributed by atoms with Gasteiger partial charge in [-0.2, -0.15) is 0 Å². The summed E-state index contributed by atoms with van der Waals surface area (Å²) in [6.45, 7) is 0. The van der Waals surface area contributed by atoms with E-state index in [2.05, 4.69) is 4.98 Å². The first-order valence-corrected chi connectivity index (χ1v) is 16.5. The molecule has 0 aliphatic carbocycles. The minimum atomic E-state index is -1.15. The molecule has 0 unspecified atom stereocenters. The number of hydrogen-bond donors (Lipinski definition) is 2. The Morgan fingerprint density at radius 2 is 1.40 bits per heavy atom. The number of thiophene rings is 1. The van der Waals surface area contributed by atoms with Crippen molar-refractivity contribution in [1.29, 1.82) is 0 Å². The molecule has 250 valence electrons. The number of ether oxygens (including phenoxy) is 1. The van der Waals surface area contributed by atoms with Crippen LogP contribution in [0.5, 0.6) is 0 Å². The third-order valence-corrected chi connectivity index (χ3v) is 9.29. The molecule has 0 saturated heterocycles. The number of carboxylic acids is 1. The topological polar surface area (TPSA) is 189 Å². The van der Waals surface area contributed by atoms with Gasteiger partial charge < -0.3 is 15.6 Å². The molecule has 0 bridgehead atoms. The smallest absolute Gasteiger partial charge is 0.338 e. The Morgan fingerprint density at radius 1 is 0.800 bits per heavy atom. The molecule has 2 aromatic heterocycles. The fourth-order valence-corrected chi connectivity index (χ4v) is 6.67. The lowest BCUT2D eigenvalue weighted by Gasteiger charge is -2.10. The molecule has 0 aliphatic rings. The van der Waals surface area contributed by atoms with Gasteiger partial charge in [0.1, 0.15) is 10.00 Å². The molecule has 0 spiro atoms. The molecule has 6 rings (SSSR count). The molecule has 0 radical (unpaired) electrons. The number of hydrogen-bond acceptors (Lipinski definition) is 11. The molecule has 0 aliphatic heterocycles. The quantitative estimate of drug-likeness (QED) is 0.0629. The monoisotopic (exact) mass is 724 g/mol. The molecule has 12 nitrogen and oxygen atoms in total. The number of carbonyl (C=O) groups is 2. The normalized spacial score (nSPS) is 10.4. The van der Waals surface area contributed by atoms with Gasteiger partial charge in [-0.3, -0.25) is 20.2 Å². The maximum absolute atomic E-state index is 12.0. The van der Waals surface area contributed by atoms with Crippen LogP contribution in [0.15, 0.2) is 108 Å². The van der Waals surface area contributed by atoms with E-state index in [9.17, 15) is 34.9 Å². The number of para-hydroxylation sites is 2. The second kappa shape index (κ2) is 15.4. The molecular formula is C35H24N4O8S3. The van der Waals surface area contributed by atoms with Crippen LogP contribution in [0.4, 0.5) is 11.4 Å². The number of nitrogens with two attached hydrogens (primary N) is 1. The van der Waals surface area contributed by atoms with E-state index >= 15 is 0 Å². The Labute approximate surface area is 297 Å². The molecule has 6 aromatic rings. The summed E-state index contributed by atoms with van der Waals surface area (Å²) in [5.74, 6) is -1.77. The van der Waals surface area contributed by atoms with Gasteiger partial charge in [0.15, 0.2) is 0 Å². The van der Waals surface area contributed by atoms with Crippen molar-refractivity contribution in [3.05, 3.63) is 145 Å². The van der Waals surface area contributed by atoms with Crippen LogP contribution in [0.3, 0.4) is 0 Å². The molecule has 0 amide bonds. The SMILES string of the molecule is COC(=O)c1cc(C(N)=S)ccc1-c1ccccc1[N+](=O)[O-].O=C(O)c1cc(-c2nc(-c3cccs3)cs2)ccc1-c1ccccc1[N+](=O)[O-]. The summed E-state index contributed by atoms with van der Waals surface area (Å²) in [6.07, 6.45) is 0. The zero-order valence-electron chi connectivity index (χ0n) is 25.8. The number of aromatic nitrogens is 1. The number of thiazole rings is 1. The van der Waals surface area contributed by atoms with E-state index in [0.29, 0.717) is 32.8 Å². The van der Waals surface area contributed by atoms with Crippen molar-refractivity contribution in [3.63, 3.8) is 0 Å². The highest BCUT2D eigenvalue weighted by Crippen LogP contribution is 2.37. The maximum atomic E-state index is 12.0. The van der Waals surface area contributed by atoms with Gasteiger partial charge in [-0.15, -0.1) is 22.7 Å². The maximum Gasteiger partial charge on any atom is 0.338 e. The van der Waals surface area contributed by atoms with Crippen LogP contribution >= 0.6 is 34.9 Å². The van der Waals surface area contributed by atoms with Gasteiger partial charge in [0.25, 0.3) is 11.4 Å². The highest BCUT2D eigenvalue weighted by atomic mass is 32.1. The summed E-state index contributed by atoms with van der Waals surface area (Å²) in [4.78, 5) is 51.1. The van der Waals surface area contributed by atoms with Crippen LogP contribution in [0.1, 0.15) is 26.3 Å². The van der Waals surface area contributed by atoms with Gasteiger partial charge in [-0.1, -0.05) is 66.8 Å². The van der Waals surface area contributed by atoms with Crippen molar-refractivity contribution < 1.29 is 29.3 Å². The summed E-state index contributed by atoms with van der Waals surface area (Å²) >= 11 is 7.90. The summed E-state index contributed by atoms with van der Waals surface area (Å²) in [5.41, 5.74) is 8.77. The van der Waals surface area contributed by atoms with Gasteiger partial charge in [0, 0.05) is 39.8 Å². The number of nitro groups is 2. The number of benzene rings is 4. The molecule has 4 aromatic carbocycles. The number of thiocarbonyl (C=S) groups is 1. The second-order valence-electron chi connectivity index (χ2n) is 10.2. The molecule has 0 fully saturated rings. The third kappa shape index (κ3) is 7.60. The van der Waals surface area contributed by atoms with Crippen LogP contribution in [-0.2, 0) is 4.74 Å². The number of nitro benzene ring substituents is 2. The van der Waals surface area contributed by atoms with Gasteiger partial charge in [-0.25, -0.2) is 14.6 Å². The Bertz CT molecular complexity index is 2270. The molecule has 2 heterocycles. The fourth-order valence-electron chi connectivity index (χ4n) is 4.97. The zero-order chi connectivity index (χ0) is 35.9. The number of methoxy groups -OCH3 is 1. The molecule has 0 atom stereocenters. The van der Waals surface area contributed by atoms with Crippen molar-refractivity contribution in [2.45, 2.75) is 0 Å². The first-order valence-electron chi connectivity index (χ1n) is 14.4. The lowest BCUT2D eigenvalue weighted by Crippen LogP contribution is -2.12. The lowest BCUT2D eigenvalue weighted by molar-refractivity contribution is -0.384. The Hall–Kier alpha value is -6.16. The Balaban J connectivity index is 0.000000201. The largest absolute Gasteiger partial charge is 0.478 e. The van der Waals surface area contributed by atoms with E-state index in [4.69, 9.17) is 22.7 Å². The average Bonchev–Trinajstić information content (AvgIpc) is 3.84. The van der Waals surface area contributed by atoms with Crippen molar-refractivity contribution in [2.24, 2.45) is 5.73 Å². The number of carbonyl (C=O) groups excluding carboxylic acids is 1. The third-order valence-electron chi connectivity index (χ3n) is 7.27. The highest BCUT2D eigenvalue weighted by Gasteiger charge is 2.23. The van der Waals surface area contributed by atoms with E-state index in [1.165, 1.54) is 42.7 Å². The van der Waals surface area contributed by atoms with Gasteiger partial charge in [-0.05, 0) is 35.7 Å². The molecule has 3 N–H and O–H groups in total. The fraction of sp³-hybridized carbons (Fsp3) is 0.0286. The van der Waals surface area contributed by atoms with Gasteiger partial charge in [0.2, 0.25) is 0 Å². The Morgan fingerprint density at radius 3 is 1.94 bits per heavy atom. The summed E-state index contributed by atoms with van der Waals surface area (Å²) in [5, 5.41) is 36.8. The second-order valence-corrected chi connectivity index (χ2v) is 12.5. The predicted molar refractivity (Wildman–Crippen MR) is 196 cm³/mol. The number of carboxylic acid groups (broad SMARTS) is 1. The van der Waals surface area contributed by atoms with Crippen molar-refractivity contribution >= 4 is 63.2 Å². The number of rotatable bonds is 9. The number of esters is 1. The standard InChI is InChI=1S/C20H12N2O4S2.C15H12N2O4S/c23-20(24)15-10-12(19-21-16(11-28-19)18-6-3-9-27-18)7-8-13(15)14-4-1-2-5-17(14)22(25)26;1-21-15(18)12-8-9(14(16)22)6-7-10(12)11-4-2-3-5-13(11)17(19)20/h1-11H,(H,23,24);2-8H,1H3,(H2,16,22). The van der Waals surface area contributed by atoms with E-state index in [0.717, 1.165) is 10.6 Å². The summed E-state index contributed by atoms with van der Waals surface area (Å²) in [6, 6.07) is 25.7. The first-order chi connectivity index (χ1) is 24.0. The van der Waals surface area contributed by atoms with Crippen LogP contribution < -0.4 is 5.73 Å². The van der Waals surface area contributed by atoms with Crippen molar-refractivity contribution in [2.75, 3.05) is 7.11 Å². The summed E-state index contributed by atoms with van der Waals surface area (Å²) in [7, 11) is 1.24.